The molecular weight excluding hydrogens is 296 g/mol. The highest BCUT2D eigenvalue weighted by atomic mass is 79.9. The van der Waals surface area contributed by atoms with E-state index in [4.69, 9.17) is 5.11 Å². The maximum atomic E-state index is 10.9. The van der Waals surface area contributed by atoms with E-state index in [2.05, 4.69) is 26.1 Å². The third-order valence-electron chi connectivity index (χ3n) is 3.14. The normalized spacial score (nSPS) is 20.5. The summed E-state index contributed by atoms with van der Waals surface area (Å²) in [6.07, 6.45) is 1.20. The number of rotatable bonds is 3. The molecule has 1 aliphatic heterocycles. The van der Waals surface area contributed by atoms with Crippen molar-refractivity contribution in [3.63, 3.8) is 0 Å². The maximum absolute atomic E-state index is 10.9. The van der Waals surface area contributed by atoms with Gasteiger partial charge >= 0.3 is 5.97 Å². The van der Waals surface area contributed by atoms with Crippen LogP contribution in [0.3, 0.4) is 0 Å². The second kappa shape index (κ2) is 6.20. The Morgan fingerprint density at radius 3 is 2.83 bits per heavy atom. The molecule has 4 nitrogen and oxygen atoms in total. The standard InChI is InChI=1S/C13H17BrN2O2/c14-10-2-4-11(5-3-10)16-7-1-6-15-9-12(16)8-13(17)18/h2-5,12,15H,1,6-9H2,(H,17,18). The summed E-state index contributed by atoms with van der Waals surface area (Å²) in [4.78, 5) is 13.1. The summed E-state index contributed by atoms with van der Waals surface area (Å²) in [6, 6.07) is 8.07. The van der Waals surface area contributed by atoms with Crippen LogP contribution in [0.15, 0.2) is 28.7 Å². The molecule has 0 aliphatic carbocycles. The fourth-order valence-corrected chi connectivity index (χ4v) is 2.56. The fraction of sp³-hybridized carbons (Fsp3) is 0.462. The van der Waals surface area contributed by atoms with Crippen LogP contribution in [0.2, 0.25) is 0 Å². The SMILES string of the molecule is O=C(O)CC1CNCCCN1c1ccc(Br)cc1. The van der Waals surface area contributed by atoms with Crippen LogP contribution in [0, 0.1) is 0 Å². The third kappa shape index (κ3) is 3.46. The summed E-state index contributed by atoms with van der Waals surface area (Å²) >= 11 is 3.42. The van der Waals surface area contributed by atoms with E-state index in [0.717, 1.165) is 36.2 Å². The second-order valence-electron chi connectivity index (χ2n) is 4.48. The Kier molecular flexibility index (Phi) is 4.60. The Bertz CT molecular complexity index is 408. The lowest BCUT2D eigenvalue weighted by atomic mass is 10.1. The van der Waals surface area contributed by atoms with Crippen molar-refractivity contribution in [1.29, 1.82) is 0 Å². The highest BCUT2D eigenvalue weighted by Gasteiger charge is 2.23. The third-order valence-corrected chi connectivity index (χ3v) is 3.67. The van der Waals surface area contributed by atoms with Gasteiger partial charge in [-0.1, -0.05) is 15.9 Å². The van der Waals surface area contributed by atoms with Crippen molar-refractivity contribution < 1.29 is 9.90 Å². The number of carboxylic acid groups (broad SMARTS) is 1. The minimum Gasteiger partial charge on any atom is -0.481 e. The number of benzene rings is 1. The number of carboxylic acids is 1. The van der Waals surface area contributed by atoms with Crippen LogP contribution in [0.5, 0.6) is 0 Å². The van der Waals surface area contributed by atoms with Crippen LogP contribution in [0.25, 0.3) is 0 Å². The van der Waals surface area contributed by atoms with Crippen molar-refractivity contribution in [1.82, 2.24) is 5.32 Å². The van der Waals surface area contributed by atoms with Crippen LogP contribution in [0.1, 0.15) is 12.8 Å². The predicted molar refractivity (Wildman–Crippen MR) is 75.0 cm³/mol. The molecule has 2 N–H and O–H groups in total. The number of anilines is 1. The lowest BCUT2D eigenvalue weighted by Gasteiger charge is -2.31. The van der Waals surface area contributed by atoms with Gasteiger partial charge in [0.05, 0.1) is 12.5 Å². The zero-order chi connectivity index (χ0) is 13.0. The topological polar surface area (TPSA) is 52.6 Å². The Balaban J connectivity index is 2.19. The predicted octanol–water partition coefficient (Wildman–Crippen LogP) is 2.09. The zero-order valence-corrected chi connectivity index (χ0v) is 11.7. The van der Waals surface area contributed by atoms with Gasteiger partial charge in [0.25, 0.3) is 0 Å². The largest absolute Gasteiger partial charge is 0.481 e. The molecule has 1 fully saturated rings. The van der Waals surface area contributed by atoms with Crippen molar-refractivity contribution in [2.45, 2.75) is 18.9 Å². The number of halogens is 1. The lowest BCUT2D eigenvalue weighted by Crippen LogP contribution is -2.41. The summed E-state index contributed by atoms with van der Waals surface area (Å²) in [5.41, 5.74) is 1.09. The zero-order valence-electron chi connectivity index (χ0n) is 10.1. The number of aliphatic carboxylic acids is 1. The molecule has 0 amide bonds. The summed E-state index contributed by atoms with van der Waals surface area (Å²) in [5, 5.41) is 12.3. The molecule has 0 aromatic heterocycles. The molecule has 0 bridgehead atoms. The van der Waals surface area contributed by atoms with E-state index in [1.807, 2.05) is 24.3 Å². The minimum atomic E-state index is -0.745. The first-order valence-electron chi connectivity index (χ1n) is 6.11. The van der Waals surface area contributed by atoms with E-state index in [0.29, 0.717) is 0 Å². The smallest absolute Gasteiger partial charge is 0.305 e. The molecule has 18 heavy (non-hydrogen) atoms. The minimum absolute atomic E-state index is 0.0196. The molecular formula is C13H17BrN2O2. The highest BCUT2D eigenvalue weighted by molar-refractivity contribution is 9.10. The van der Waals surface area contributed by atoms with Gasteiger partial charge in [-0.25, -0.2) is 0 Å². The summed E-state index contributed by atoms with van der Waals surface area (Å²) in [7, 11) is 0. The molecule has 1 aromatic rings. The van der Waals surface area contributed by atoms with E-state index >= 15 is 0 Å². The fourth-order valence-electron chi connectivity index (χ4n) is 2.29. The van der Waals surface area contributed by atoms with Crippen molar-refractivity contribution in [3.05, 3.63) is 28.7 Å². The Morgan fingerprint density at radius 2 is 2.17 bits per heavy atom. The van der Waals surface area contributed by atoms with Gasteiger partial charge in [-0.3, -0.25) is 4.79 Å². The van der Waals surface area contributed by atoms with Crippen LogP contribution in [-0.4, -0.2) is 36.8 Å². The lowest BCUT2D eigenvalue weighted by molar-refractivity contribution is -0.137. The van der Waals surface area contributed by atoms with E-state index in [9.17, 15) is 4.79 Å². The average molecular weight is 313 g/mol. The molecule has 1 heterocycles. The quantitative estimate of drug-likeness (QED) is 0.897. The molecule has 1 aromatic carbocycles. The van der Waals surface area contributed by atoms with Gasteiger partial charge in [0.1, 0.15) is 0 Å². The van der Waals surface area contributed by atoms with Crippen LogP contribution < -0.4 is 10.2 Å². The molecule has 1 saturated heterocycles. The van der Waals surface area contributed by atoms with Gasteiger partial charge in [-0.2, -0.15) is 0 Å². The van der Waals surface area contributed by atoms with Gasteiger partial charge < -0.3 is 15.3 Å². The monoisotopic (exact) mass is 312 g/mol. The van der Waals surface area contributed by atoms with Gasteiger partial charge in [0, 0.05) is 23.2 Å². The van der Waals surface area contributed by atoms with Crippen molar-refractivity contribution in [3.8, 4) is 0 Å². The Labute approximate surface area is 115 Å². The van der Waals surface area contributed by atoms with Crippen LogP contribution in [-0.2, 0) is 4.79 Å². The molecule has 0 spiro atoms. The molecule has 0 radical (unpaired) electrons. The maximum Gasteiger partial charge on any atom is 0.305 e. The molecule has 1 unspecified atom stereocenters. The number of nitrogens with one attached hydrogen (secondary N) is 1. The molecule has 5 heteroatoms. The van der Waals surface area contributed by atoms with Gasteiger partial charge in [-0.15, -0.1) is 0 Å². The Hall–Kier alpha value is -1.07. The van der Waals surface area contributed by atoms with Gasteiger partial charge in [0.2, 0.25) is 0 Å². The van der Waals surface area contributed by atoms with Gasteiger partial charge in [0.15, 0.2) is 0 Å². The molecule has 98 valence electrons. The van der Waals surface area contributed by atoms with E-state index < -0.39 is 5.97 Å². The van der Waals surface area contributed by atoms with Gasteiger partial charge in [-0.05, 0) is 37.2 Å². The number of nitrogens with zero attached hydrogens (tertiary/aromatic N) is 1. The first-order chi connectivity index (χ1) is 8.66. The van der Waals surface area contributed by atoms with Crippen molar-refractivity contribution in [2.75, 3.05) is 24.5 Å². The first-order valence-corrected chi connectivity index (χ1v) is 6.91. The van der Waals surface area contributed by atoms with Crippen LogP contribution in [0.4, 0.5) is 5.69 Å². The highest BCUT2D eigenvalue weighted by Crippen LogP contribution is 2.22. The second-order valence-corrected chi connectivity index (χ2v) is 5.39. The summed E-state index contributed by atoms with van der Waals surface area (Å²) < 4.78 is 1.04. The van der Waals surface area contributed by atoms with E-state index in [-0.39, 0.29) is 12.5 Å². The molecule has 0 saturated carbocycles. The van der Waals surface area contributed by atoms with E-state index in [1.54, 1.807) is 0 Å². The summed E-state index contributed by atoms with van der Waals surface area (Å²) in [6.45, 7) is 2.57. The molecule has 1 aliphatic rings. The molecule has 1 atom stereocenters. The van der Waals surface area contributed by atoms with Crippen LogP contribution >= 0.6 is 15.9 Å². The average Bonchev–Trinajstić information content (AvgIpc) is 2.55. The van der Waals surface area contributed by atoms with E-state index in [1.165, 1.54) is 0 Å². The number of hydrogen-bond donors (Lipinski definition) is 2. The summed E-state index contributed by atoms with van der Waals surface area (Å²) in [5.74, 6) is -0.745. The molecule has 2 rings (SSSR count). The van der Waals surface area contributed by atoms with Crippen molar-refractivity contribution in [2.24, 2.45) is 0 Å². The Morgan fingerprint density at radius 1 is 1.44 bits per heavy atom. The van der Waals surface area contributed by atoms with Crippen molar-refractivity contribution >= 4 is 27.6 Å². The first kappa shape index (κ1) is 13.4. The number of hydrogen-bond acceptors (Lipinski definition) is 3. The number of carbonyl (C=O) groups is 1.